The molecule has 1 aromatic heterocycles. The maximum absolute atomic E-state index is 3.59. The molecule has 2 heteroatoms. The molecule has 0 bridgehead atoms. The van der Waals surface area contributed by atoms with Crippen LogP contribution in [0.5, 0.6) is 0 Å². The smallest absolute Gasteiger partial charge is 0.0459 e. The normalized spacial score (nSPS) is 21.3. The van der Waals surface area contributed by atoms with E-state index in [2.05, 4.69) is 49.0 Å². The van der Waals surface area contributed by atoms with E-state index in [0.29, 0.717) is 5.92 Å². The first-order chi connectivity index (χ1) is 7.65. The maximum atomic E-state index is 3.59. The van der Waals surface area contributed by atoms with Crippen molar-refractivity contribution in [2.24, 2.45) is 0 Å². The number of aromatic amines is 1. The number of fused-ring (bicyclic) bond motifs is 3. The van der Waals surface area contributed by atoms with Crippen molar-refractivity contribution in [3.05, 3.63) is 35.0 Å². The third-order valence-electron chi connectivity index (χ3n) is 3.60. The Hall–Kier alpha value is -1.28. The third kappa shape index (κ3) is 1.37. The molecule has 0 saturated heterocycles. The number of aromatic nitrogens is 1. The molecule has 0 amide bonds. The summed E-state index contributed by atoms with van der Waals surface area (Å²) in [6, 6.07) is 6.69. The van der Waals surface area contributed by atoms with Crippen LogP contribution in [0.15, 0.2) is 18.2 Å². The van der Waals surface area contributed by atoms with Crippen molar-refractivity contribution in [2.45, 2.75) is 26.3 Å². The van der Waals surface area contributed by atoms with E-state index in [1.54, 1.807) is 0 Å². The van der Waals surface area contributed by atoms with Gasteiger partial charge in [-0.15, -0.1) is 0 Å². The molecule has 2 aromatic rings. The molecule has 1 aliphatic heterocycles. The number of nitrogens with one attached hydrogen (secondary N) is 1. The van der Waals surface area contributed by atoms with E-state index in [1.165, 1.54) is 27.7 Å². The minimum Gasteiger partial charge on any atom is -0.358 e. The minimum atomic E-state index is 0.612. The Kier molecular flexibility index (Phi) is 2.08. The van der Waals surface area contributed by atoms with Gasteiger partial charge in [0.15, 0.2) is 0 Å². The minimum absolute atomic E-state index is 0.612. The van der Waals surface area contributed by atoms with Crippen LogP contribution in [0.2, 0.25) is 0 Å². The molecular weight excluding hydrogens is 196 g/mol. The number of likely N-dealkylation sites (N-methyl/N-ethyl adjacent to an activating group) is 1. The second kappa shape index (κ2) is 3.36. The highest BCUT2D eigenvalue weighted by Gasteiger charge is 2.23. The Morgan fingerprint density at radius 2 is 2.19 bits per heavy atom. The predicted octanol–water partition coefficient (Wildman–Crippen LogP) is 3.03. The van der Waals surface area contributed by atoms with Gasteiger partial charge in [0, 0.05) is 35.6 Å². The quantitative estimate of drug-likeness (QED) is 0.714. The third-order valence-corrected chi connectivity index (χ3v) is 3.60. The molecule has 84 valence electrons. The summed E-state index contributed by atoms with van der Waals surface area (Å²) in [6.07, 6.45) is 0. The molecule has 0 radical (unpaired) electrons. The van der Waals surface area contributed by atoms with Crippen LogP contribution in [0.4, 0.5) is 0 Å². The summed E-state index contributed by atoms with van der Waals surface area (Å²) in [4.78, 5) is 5.99. The highest BCUT2D eigenvalue weighted by atomic mass is 15.1. The molecule has 0 aliphatic carbocycles. The topological polar surface area (TPSA) is 19.0 Å². The van der Waals surface area contributed by atoms with Gasteiger partial charge >= 0.3 is 0 Å². The molecular formula is C14H18N2. The fraction of sp³-hybridized carbons (Fsp3) is 0.429. The van der Waals surface area contributed by atoms with E-state index < -0.39 is 0 Å². The van der Waals surface area contributed by atoms with Gasteiger partial charge in [-0.1, -0.05) is 18.6 Å². The summed E-state index contributed by atoms with van der Waals surface area (Å²) in [5, 5.41) is 1.41. The van der Waals surface area contributed by atoms with Crippen molar-refractivity contribution in [1.82, 2.24) is 9.88 Å². The first kappa shape index (κ1) is 9.91. The number of benzene rings is 1. The molecule has 1 N–H and O–H groups in total. The zero-order valence-corrected chi connectivity index (χ0v) is 10.2. The fourth-order valence-electron chi connectivity index (χ4n) is 2.87. The van der Waals surface area contributed by atoms with Gasteiger partial charge in [-0.2, -0.15) is 0 Å². The fourth-order valence-corrected chi connectivity index (χ4v) is 2.87. The molecule has 1 unspecified atom stereocenters. The van der Waals surface area contributed by atoms with Crippen LogP contribution in [-0.2, 0) is 6.54 Å². The molecule has 2 heterocycles. The van der Waals surface area contributed by atoms with E-state index in [4.69, 9.17) is 0 Å². The van der Waals surface area contributed by atoms with Crippen LogP contribution in [0.3, 0.4) is 0 Å². The largest absolute Gasteiger partial charge is 0.358 e. The molecule has 1 aliphatic rings. The number of nitrogens with zero attached hydrogens (tertiary/aromatic N) is 1. The second-order valence-electron chi connectivity index (χ2n) is 5.16. The summed E-state index contributed by atoms with van der Waals surface area (Å²) in [5.74, 6) is 0.612. The van der Waals surface area contributed by atoms with E-state index in [1.807, 2.05) is 0 Å². The van der Waals surface area contributed by atoms with Crippen molar-refractivity contribution in [3.63, 3.8) is 0 Å². The summed E-state index contributed by atoms with van der Waals surface area (Å²) >= 11 is 0. The monoisotopic (exact) mass is 214 g/mol. The number of aryl methyl sites for hydroxylation is 1. The van der Waals surface area contributed by atoms with Crippen molar-refractivity contribution in [2.75, 3.05) is 13.6 Å². The maximum Gasteiger partial charge on any atom is 0.0459 e. The Balaban J connectivity index is 2.27. The molecule has 0 saturated carbocycles. The van der Waals surface area contributed by atoms with Crippen LogP contribution in [0, 0.1) is 6.92 Å². The van der Waals surface area contributed by atoms with E-state index in [0.717, 1.165) is 13.1 Å². The van der Waals surface area contributed by atoms with Gasteiger partial charge in [-0.05, 0) is 31.7 Å². The van der Waals surface area contributed by atoms with Crippen molar-refractivity contribution in [3.8, 4) is 0 Å². The highest BCUT2D eigenvalue weighted by molar-refractivity contribution is 5.85. The summed E-state index contributed by atoms with van der Waals surface area (Å²) in [6.45, 7) is 6.69. The number of hydrogen-bond acceptors (Lipinski definition) is 1. The van der Waals surface area contributed by atoms with E-state index >= 15 is 0 Å². The molecule has 2 nitrogen and oxygen atoms in total. The van der Waals surface area contributed by atoms with Crippen LogP contribution in [-0.4, -0.2) is 23.5 Å². The summed E-state index contributed by atoms with van der Waals surface area (Å²) in [5.41, 5.74) is 5.58. The van der Waals surface area contributed by atoms with Crippen molar-refractivity contribution < 1.29 is 0 Å². The SMILES string of the molecule is Cc1ccc2[nH]c3c(c2c1)CN(C)CC3C. The average Bonchev–Trinajstić information content (AvgIpc) is 2.57. The zero-order chi connectivity index (χ0) is 11.3. The van der Waals surface area contributed by atoms with Crippen LogP contribution in [0.1, 0.15) is 29.7 Å². The van der Waals surface area contributed by atoms with Crippen LogP contribution in [0.25, 0.3) is 10.9 Å². The van der Waals surface area contributed by atoms with Crippen molar-refractivity contribution >= 4 is 10.9 Å². The Bertz CT molecular complexity index is 539. The van der Waals surface area contributed by atoms with Gasteiger partial charge in [0.25, 0.3) is 0 Å². The van der Waals surface area contributed by atoms with Gasteiger partial charge < -0.3 is 9.88 Å². The van der Waals surface area contributed by atoms with Gasteiger partial charge in [0.05, 0.1) is 0 Å². The Morgan fingerprint density at radius 1 is 1.38 bits per heavy atom. The molecule has 0 spiro atoms. The first-order valence-corrected chi connectivity index (χ1v) is 5.95. The lowest BCUT2D eigenvalue weighted by atomic mass is 9.96. The lowest BCUT2D eigenvalue weighted by molar-refractivity contribution is 0.287. The Labute approximate surface area is 96.3 Å². The first-order valence-electron chi connectivity index (χ1n) is 5.95. The summed E-state index contributed by atoms with van der Waals surface area (Å²) in [7, 11) is 2.20. The standard InChI is InChI=1S/C14H18N2/c1-9-4-5-13-11(6-9)12-8-16(3)7-10(2)14(12)15-13/h4-6,10,15H,7-8H2,1-3H3. The van der Waals surface area contributed by atoms with Gasteiger partial charge in [-0.25, -0.2) is 0 Å². The summed E-state index contributed by atoms with van der Waals surface area (Å²) < 4.78 is 0. The number of hydrogen-bond donors (Lipinski definition) is 1. The second-order valence-corrected chi connectivity index (χ2v) is 5.16. The number of H-pyrrole nitrogens is 1. The Morgan fingerprint density at radius 3 is 3.00 bits per heavy atom. The average molecular weight is 214 g/mol. The lowest BCUT2D eigenvalue weighted by Crippen LogP contribution is -2.28. The van der Waals surface area contributed by atoms with Gasteiger partial charge in [0.2, 0.25) is 0 Å². The lowest BCUT2D eigenvalue weighted by Gasteiger charge is -2.27. The molecule has 1 atom stereocenters. The molecule has 16 heavy (non-hydrogen) atoms. The van der Waals surface area contributed by atoms with E-state index in [-0.39, 0.29) is 0 Å². The molecule has 3 rings (SSSR count). The van der Waals surface area contributed by atoms with Crippen LogP contribution < -0.4 is 0 Å². The molecule has 1 aromatic carbocycles. The predicted molar refractivity (Wildman–Crippen MR) is 67.8 cm³/mol. The molecule has 0 fully saturated rings. The highest BCUT2D eigenvalue weighted by Crippen LogP contribution is 2.33. The van der Waals surface area contributed by atoms with Gasteiger partial charge in [0.1, 0.15) is 0 Å². The zero-order valence-electron chi connectivity index (χ0n) is 10.2. The van der Waals surface area contributed by atoms with Crippen LogP contribution >= 0.6 is 0 Å². The van der Waals surface area contributed by atoms with E-state index in [9.17, 15) is 0 Å². The van der Waals surface area contributed by atoms with Crippen molar-refractivity contribution in [1.29, 1.82) is 0 Å². The number of rotatable bonds is 0. The van der Waals surface area contributed by atoms with Gasteiger partial charge in [-0.3, -0.25) is 0 Å².